The van der Waals surface area contributed by atoms with Crippen molar-refractivity contribution >= 4 is 15.9 Å². The number of likely N-dealkylation sites (tertiary alicyclic amines) is 1. The lowest BCUT2D eigenvalue weighted by Crippen LogP contribution is -2.27. The quantitative estimate of drug-likeness (QED) is 0.649. The molecule has 0 unspecified atom stereocenters. The highest BCUT2D eigenvalue weighted by Crippen LogP contribution is 2.21. The molecule has 10 heteroatoms. The van der Waals surface area contributed by atoms with Crippen LogP contribution >= 0.6 is 0 Å². The number of rotatable bonds is 6. The van der Waals surface area contributed by atoms with Gasteiger partial charge < -0.3 is 14.3 Å². The van der Waals surface area contributed by atoms with E-state index in [0.29, 0.717) is 18.8 Å². The summed E-state index contributed by atoms with van der Waals surface area (Å²) < 4.78 is 32.9. The number of carbonyl (C=O) groups is 1. The van der Waals surface area contributed by atoms with Gasteiger partial charge in [-0.15, -0.1) is 10.2 Å². The van der Waals surface area contributed by atoms with Crippen molar-refractivity contribution < 1.29 is 17.6 Å². The standard InChI is InChI=1S/C18H19N5O4S/c24-18(23-8-4-5-9-23)17-22-21-16(27-17)15-10-14(12-19-15)28(25,26)20-11-13-6-2-1-3-7-13/h1-3,6-7,10,12,19-20H,4-5,8-9,11H2. The Bertz CT molecular complexity index is 1070. The average molecular weight is 401 g/mol. The van der Waals surface area contributed by atoms with Gasteiger partial charge in [0, 0.05) is 25.8 Å². The summed E-state index contributed by atoms with van der Waals surface area (Å²) in [7, 11) is -3.71. The van der Waals surface area contributed by atoms with Crippen molar-refractivity contribution in [2.75, 3.05) is 13.1 Å². The minimum atomic E-state index is -3.71. The van der Waals surface area contributed by atoms with Gasteiger partial charge in [0.15, 0.2) is 0 Å². The SMILES string of the molecule is O=C(c1nnc(-c2cc(S(=O)(=O)NCc3ccccc3)c[nH]2)o1)N1CCCC1. The van der Waals surface area contributed by atoms with Crippen LogP contribution in [0, 0.1) is 0 Å². The molecule has 1 saturated heterocycles. The number of hydrogen-bond acceptors (Lipinski definition) is 6. The zero-order chi connectivity index (χ0) is 19.6. The van der Waals surface area contributed by atoms with Crippen LogP contribution in [-0.4, -0.2) is 47.5 Å². The molecule has 0 atom stereocenters. The van der Waals surface area contributed by atoms with E-state index in [9.17, 15) is 13.2 Å². The third kappa shape index (κ3) is 3.82. The lowest BCUT2D eigenvalue weighted by Gasteiger charge is -2.11. The van der Waals surface area contributed by atoms with Crippen molar-refractivity contribution in [2.24, 2.45) is 0 Å². The first-order chi connectivity index (χ1) is 13.5. The van der Waals surface area contributed by atoms with Crippen LogP contribution in [0.15, 0.2) is 51.9 Å². The van der Waals surface area contributed by atoms with Gasteiger partial charge in [-0.05, 0) is 24.5 Å². The van der Waals surface area contributed by atoms with E-state index in [1.165, 1.54) is 12.3 Å². The van der Waals surface area contributed by atoms with Crippen LogP contribution in [-0.2, 0) is 16.6 Å². The van der Waals surface area contributed by atoms with E-state index in [0.717, 1.165) is 18.4 Å². The molecule has 0 aliphatic carbocycles. The van der Waals surface area contributed by atoms with E-state index in [4.69, 9.17) is 4.42 Å². The Balaban J connectivity index is 1.47. The summed E-state index contributed by atoms with van der Waals surface area (Å²) in [6.45, 7) is 1.53. The predicted octanol–water partition coefficient (Wildman–Crippen LogP) is 1.78. The average Bonchev–Trinajstić information content (AvgIpc) is 3.47. The fourth-order valence-electron chi connectivity index (χ4n) is 2.98. The molecule has 0 spiro atoms. The summed E-state index contributed by atoms with van der Waals surface area (Å²) in [5.74, 6) is -0.342. The van der Waals surface area contributed by atoms with E-state index < -0.39 is 10.0 Å². The van der Waals surface area contributed by atoms with E-state index in [1.54, 1.807) is 4.90 Å². The van der Waals surface area contributed by atoms with Crippen molar-refractivity contribution in [1.29, 1.82) is 0 Å². The Labute approximate surface area is 161 Å². The summed E-state index contributed by atoms with van der Waals surface area (Å²) >= 11 is 0. The van der Waals surface area contributed by atoms with Gasteiger partial charge in [0.2, 0.25) is 10.0 Å². The Morgan fingerprint density at radius 2 is 1.93 bits per heavy atom. The normalized spacial score (nSPS) is 14.5. The Morgan fingerprint density at radius 3 is 2.68 bits per heavy atom. The van der Waals surface area contributed by atoms with Crippen molar-refractivity contribution in [2.45, 2.75) is 24.3 Å². The number of carbonyl (C=O) groups excluding carboxylic acids is 1. The minimum absolute atomic E-state index is 0.0454. The largest absolute Gasteiger partial charge is 0.411 e. The second-order valence-corrected chi connectivity index (χ2v) is 8.24. The van der Waals surface area contributed by atoms with Crippen molar-refractivity contribution in [3.05, 3.63) is 54.0 Å². The summed E-state index contributed by atoms with van der Waals surface area (Å²) in [5.41, 5.74) is 1.18. The van der Waals surface area contributed by atoms with Crippen LogP contribution in [0.1, 0.15) is 29.1 Å². The van der Waals surface area contributed by atoms with Gasteiger partial charge in [0.25, 0.3) is 5.89 Å². The second kappa shape index (κ2) is 7.56. The smallest absolute Gasteiger partial charge is 0.311 e. The maximum absolute atomic E-state index is 12.5. The first kappa shape index (κ1) is 18.4. The lowest BCUT2D eigenvalue weighted by molar-refractivity contribution is 0.0754. The first-order valence-electron chi connectivity index (χ1n) is 8.88. The molecule has 0 saturated carbocycles. The van der Waals surface area contributed by atoms with Crippen LogP contribution in [0.2, 0.25) is 0 Å². The molecule has 3 heterocycles. The number of hydrogen-bond donors (Lipinski definition) is 2. The van der Waals surface area contributed by atoms with Crippen molar-refractivity contribution in [1.82, 2.24) is 24.8 Å². The number of benzene rings is 1. The highest BCUT2D eigenvalue weighted by Gasteiger charge is 2.25. The Hall–Kier alpha value is -2.98. The van der Waals surface area contributed by atoms with Gasteiger partial charge in [0.05, 0.1) is 0 Å². The Morgan fingerprint density at radius 1 is 1.18 bits per heavy atom. The van der Waals surface area contributed by atoms with Crippen LogP contribution in [0.25, 0.3) is 11.6 Å². The molecule has 9 nitrogen and oxygen atoms in total. The highest BCUT2D eigenvalue weighted by molar-refractivity contribution is 7.89. The Kier molecular flexibility index (Phi) is 4.97. The molecule has 1 fully saturated rings. The topological polar surface area (TPSA) is 121 Å². The summed E-state index contributed by atoms with van der Waals surface area (Å²) in [6, 6.07) is 10.6. The van der Waals surface area contributed by atoms with Crippen molar-refractivity contribution in [3.8, 4) is 11.6 Å². The van der Waals surface area contributed by atoms with Gasteiger partial charge in [-0.3, -0.25) is 4.79 Å². The van der Waals surface area contributed by atoms with Gasteiger partial charge in [-0.25, -0.2) is 13.1 Å². The summed E-state index contributed by atoms with van der Waals surface area (Å²) in [4.78, 5) is 16.8. The third-order valence-corrected chi connectivity index (χ3v) is 5.89. The summed E-state index contributed by atoms with van der Waals surface area (Å²) in [6.07, 6.45) is 3.26. The number of nitrogens with zero attached hydrogens (tertiary/aromatic N) is 3. The highest BCUT2D eigenvalue weighted by atomic mass is 32.2. The molecule has 1 aromatic carbocycles. The number of sulfonamides is 1. The molecular weight excluding hydrogens is 382 g/mol. The molecule has 2 N–H and O–H groups in total. The fraction of sp³-hybridized carbons (Fsp3) is 0.278. The van der Waals surface area contributed by atoms with E-state index in [1.807, 2.05) is 30.3 Å². The molecule has 4 rings (SSSR count). The van der Waals surface area contributed by atoms with Gasteiger partial charge >= 0.3 is 11.8 Å². The van der Waals surface area contributed by atoms with Crippen LogP contribution < -0.4 is 4.72 Å². The monoisotopic (exact) mass is 401 g/mol. The number of aromatic nitrogens is 3. The molecule has 2 aromatic heterocycles. The van der Waals surface area contributed by atoms with E-state index in [-0.39, 0.29) is 29.1 Å². The number of aromatic amines is 1. The number of nitrogens with one attached hydrogen (secondary N) is 2. The minimum Gasteiger partial charge on any atom is -0.411 e. The van der Waals surface area contributed by atoms with E-state index >= 15 is 0 Å². The molecule has 28 heavy (non-hydrogen) atoms. The molecule has 1 amide bonds. The molecule has 146 valence electrons. The second-order valence-electron chi connectivity index (χ2n) is 6.47. The number of amides is 1. The lowest BCUT2D eigenvalue weighted by atomic mass is 10.2. The van der Waals surface area contributed by atoms with Crippen LogP contribution in [0.3, 0.4) is 0 Å². The van der Waals surface area contributed by atoms with Crippen molar-refractivity contribution in [3.63, 3.8) is 0 Å². The van der Waals surface area contributed by atoms with Gasteiger partial charge in [-0.2, -0.15) is 0 Å². The van der Waals surface area contributed by atoms with Gasteiger partial charge in [-0.1, -0.05) is 30.3 Å². The van der Waals surface area contributed by atoms with Crippen LogP contribution in [0.5, 0.6) is 0 Å². The number of H-pyrrole nitrogens is 1. The van der Waals surface area contributed by atoms with Gasteiger partial charge in [0.1, 0.15) is 10.6 Å². The zero-order valence-electron chi connectivity index (χ0n) is 15.0. The van der Waals surface area contributed by atoms with E-state index in [2.05, 4.69) is 19.9 Å². The van der Waals surface area contributed by atoms with Crippen LogP contribution in [0.4, 0.5) is 0 Å². The molecular formula is C18H19N5O4S. The molecule has 1 aliphatic rings. The zero-order valence-corrected chi connectivity index (χ0v) is 15.8. The maximum atomic E-state index is 12.5. The molecule has 0 radical (unpaired) electrons. The predicted molar refractivity (Wildman–Crippen MR) is 99.7 cm³/mol. The fourth-order valence-corrected chi connectivity index (χ4v) is 4.00. The first-order valence-corrected chi connectivity index (χ1v) is 10.4. The molecule has 3 aromatic rings. The summed E-state index contributed by atoms with van der Waals surface area (Å²) in [5, 5.41) is 7.65. The third-order valence-electron chi connectivity index (χ3n) is 4.51. The molecule has 1 aliphatic heterocycles. The maximum Gasteiger partial charge on any atom is 0.311 e. The molecule has 0 bridgehead atoms.